The number of methoxy groups -OCH3 is 2. The molecule has 0 spiro atoms. The molecule has 0 saturated carbocycles. The molecule has 1 aromatic rings. The first-order valence-electron chi connectivity index (χ1n) is 5.86. The first-order chi connectivity index (χ1) is 9.84. The third-order valence-corrected chi connectivity index (χ3v) is 3.13. The minimum absolute atomic E-state index is 0.252. The summed E-state index contributed by atoms with van der Waals surface area (Å²) < 4.78 is 9.69. The van der Waals surface area contributed by atoms with Crippen molar-refractivity contribution >= 4 is 17.3 Å². The Bertz CT molecular complexity index is 713. The molecule has 0 bridgehead atoms. The number of Topliss-reactive ketones (excluding diaryl/α,β-unsaturated/α-hetero) is 3. The average Bonchev–Trinajstić information content (AvgIpc) is 2.41. The van der Waals surface area contributed by atoms with Crippen LogP contribution in [0.25, 0.3) is 0 Å². The van der Waals surface area contributed by atoms with Crippen molar-refractivity contribution in [3.63, 3.8) is 0 Å². The van der Waals surface area contributed by atoms with Gasteiger partial charge >= 0.3 is 0 Å². The number of ketones is 3. The standard InChI is InChI=1S/C14H12O7/c1-5(15)8-7(16)4-6-9(11(8)18)12(19)14(21-3)13(20-2)10(6)17/h4,16,18H,1-3H3. The highest BCUT2D eigenvalue weighted by atomic mass is 16.5. The first kappa shape index (κ1) is 14.6. The van der Waals surface area contributed by atoms with Crippen LogP contribution < -0.4 is 0 Å². The van der Waals surface area contributed by atoms with E-state index in [0.717, 1.165) is 13.0 Å². The Hall–Kier alpha value is -2.83. The van der Waals surface area contributed by atoms with Gasteiger partial charge in [0.25, 0.3) is 0 Å². The normalized spacial score (nSPS) is 14.0. The van der Waals surface area contributed by atoms with Gasteiger partial charge in [0.2, 0.25) is 23.1 Å². The van der Waals surface area contributed by atoms with Crippen LogP contribution in [-0.4, -0.2) is 41.8 Å². The summed E-state index contributed by atoms with van der Waals surface area (Å²) in [6.07, 6.45) is 0. The van der Waals surface area contributed by atoms with E-state index in [9.17, 15) is 24.6 Å². The van der Waals surface area contributed by atoms with Gasteiger partial charge in [-0.1, -0.05) is 0 Å². The number of benzene rings is 1. The molecule has 0 atom stereocenters. The minimum atomic E-state index is -0.802. The molecular weight excluding hydrogens is 280 g/mol. The smallest absolute Gasteiger partial charge is 0.236 e. The van der Waals surface area contributed by atoms with Crippen LogP contribution in [0.15, 0.2) is 17.6 Å². The summed E-state index contributed by atoms with van der Waals surface area (Å²) in [7, 11) is 2.36. The van der Waals surface area contributed by atoms with E-state index in [1.165, 1.54) is 14.2 Å². The second-order valence-electron chi connectivity index (χ2n) is 4.32. The Morgan fingerprint density at radius 3 is 2.05 bits per heavy atom. The highest BCUT2D eigenvalue weighted by Crippen LogP contribution is 2.39. The number of carbonyl (C=O) groups excluding carboxylic acids is 3. The maximum Gasteiger partial charge on any atom is 0.236 e. The summed E-state index contributed by atoms with van der Waals surface area (Å²) in [5.74, 6) is -4.21. The second-order valence-corrected chi connectivity index (χ2v) is 4.32. The molecule has 0 heterocycles. The lowest BCUT2D eigenvalue weighted by Crippen LogP contribution is -2.24. The lowest BCUT2D eigenvalue weighted by Gasteiger charge is -2.21. The Labute approximate surface area is 119 Å². The van der Waals surface area contributed by atoms with Crippen LogP contribution in [0.2, 0.25) is 0 Å². The fourth-order valence-electron chi connectivity index (χ4n) is 2.22. The number of aromatic hydroxyl groups is 2. The molecule has 2 N–H and O–H groups in total. The van der Waals surface area contributed by atoms with Crippen LogP contribution in [0.3, 0.4) is 0 Å². The van der Waals surface area contributed by atoms with Crippen LogP contribution >= 0.6 is 0 Å². The van der Waals surface area contributed by atoms with Crippen molar-refractivity contribution in [3.05, 3.63) is 34.3 Å². The summed E-state index contributed by atoms with van der Waals surface area (Å²) >= 11 is 0. The lowest BCUT2D eigenvalue weighted by molar-refractivity contribution is 0.0825. The minimum Gasteiger partial charge on any atom is -0.507 e. The summed E-state index contributed by atoms with van der Waals surface area (Å²) in [6.45, 7) is 1.12. The van der Waals surface area contributed by atoms with E-state index in [0.29, 0.717) is 0 Å². The quantitative estimate of drug-likeness (QED) is 0.805. The van der Waals surface area contributed by atoms with Crippen LogP contribution in [0.4, 0.5) is 0 Å². The molecule has 7 heteroatoms. The number of hydrogen-bond acceptors (Lipinski definition) is 7. The third kappa shape index (κ3) is 1.94. The van der Waals surface area contributed by atoms with Gasteiger partial charge in [-0.25, -0.2) is 0 Å². The second kappa shape index (κ2) is 4.93. The van der Waals surface area contributed by atoms with Crippen LogP contribution in [-0.2, 0) is 9.47 Å². The van der Waals surface area contributed by atoms with Gasteiger partial charge < -0.3 is 19.7 Å². The van der Waals surface area contributed by atoms with E-state index in [4.69, 9.17) is 9.47 Å². The van der Waals surface area contributed by atoms with Crippen molar-refractivity contribution < 1.29 is 34.1 Å². The topological polar surface area (TPSA) is 110 Å². The Kier molecular flexibility index (Phi) is 3.42. The number of hydrogen-bond donors (Lipinski definition) is 2. The molecule has 0 amide bonds. The molecule has 0 radical (unpaired) electrons. The van der Waals surface area contributed by atoms with Crippen LogP contribution in [0.5, 0.6) is 11.5 Å². The van der Waals surface area contributed by atoms with Gasteiger partial charge in [0.15, 0.2) is 5.78 Å². The van der Waals surface area contributed by atoms with Gasteiger partial charge in [-0.2, -0.15) is 0 Å². The van der Waals surface area contributed by atoms with E-state index >= 15 is 0 Å². The van der Waals surface area contributed by atoms with Crippen molar-refractivity contribution in [2.75, 3.05) is 14.2 Å². The van der Waals surface area contributed by atoms with E-state index in [1.54, 1.807) is 0 Å². The van der Waals surface area contributed by atoms with Crippen molar-refractivity contribution in [2.24, 2.45) is 0 Å². The molecule has 0 fully saturated rings. The van der Waals surface area contributed by atoms with Gasteiger partial charge in [0.05, 0.1) is 19.8 Å². The van der Waals surface area contributed by atoms with E-state index < -0.39 is 34.4 Å². The summed E-state index contributed by atoms with van der Waals surface area (Å²) in [5.41, 5.74) is -1.07. The molecular formula is C14H12O7. The Balaban J connectivity index is 2.84. The van der Waals surface area contributed by atoms with E-state index in [1.807, 2.05) is 0 Å². The van der Waals surface area contributed by atoms with E-state index in [2.05, 4.69) is 0 Å². The zero-order chi connectivity index (χ0) is 15.9. The van der Waals surface area contributed by atoms with Crippen molar-refractivity contribution in [1.82, 2.24) is 0 Å². The molecule has 110 valence electrons. The molecule has 0 aromatic heterocycles. The zero-order valence-corrected chi connectivity index (χ0v) is 11.5. The Morgan fingerprint density at radius 2 is 1.57 bits per heavy atom. The monoisotopic (exact) mass is 292 g/mol. The van der Waals surface area contributed by atoms with Crippen LogP contribution in [0, 0.1) is 0 Å². The van der Waals surface area contributed by atoms with Crippen molar-refractivity contribution in [2.45, 2.75) is 6.92 Å². The Morgan fingerprint density at radius 1 is 1.05 bits per heavy atom. The summed E-state index contributed by atoms with van der Waals surface area (Å²) in [5, 5.41) is 19.8. The number of ether oxygens (including phenoxy) is 2. The molecule has 2 rings (SSSR count). The maximum atomic E-state index is 12.3. The molecule has 7 nitrogen and oxygen atoms in total. The van der Waals surface area contributed by atoms with Crippen molar-refractivity contribution in [3.8, 4) is 11.5 Å². The number of fused-ring (bicyclic) bond motifs is 1. The molecule has 1 aliphatic carbocycles. The SMILES string of the molecule is COC1=C(OC)C(=O)c2c(cc(O)c(C(C)=O)c2O)C1=O. The molecule has 21 heavy (non-hydrogen) atoms. The predicted molar refractivity (Wildman–Crippen MR) is 69.5 cm³/mol. The van der Waals surface area contributed by atoms with Gasteiger partial charge in [0.1, 0.15) is 17.1 Å². The molecule has 0 unspecified atom stereocenters. The van der Waals surface area contributed by atoms with Crippen LogP contribution in [0.1, 0.15) is 38.0 Å². The largest absolute Gasteiger partial charge is 0.507 e. The number of allylic oxidation sites excluding steroid dienone is 2. The summed E-state index contributed by atoms with van der Waals surface area (Å²) in [4.78, 5) is 36.0. The number of rotatable bonds is 3. The molecule has 1 aromatic carbocycles. The third-order valence-electron chi connectivity index (χ3n) is 3.13. The highest BCUT2D eigenvalue weighted by molar-refractivity contribution is 6.27. The highest BCUT2D eigenvalue weighted by Gasteiger charge is 2.38. The molecule has 1 aliphatic rings. The lowest BCUT2D eigenvalue weighted by atomic mass is 9.88. The van der Waals surface area contributed by atoms with Gasteiger partial charge in [-0.3, -0.25) is 14.4 Å². The van der Waals surface area contributed by atoms with Gasteiger partial charge in [-0.15, -0.1) is 0 Å². The van der Waals surface area contributed by atoms with Crippen molar-refractivity contribution in [1.29, 1.82) is 0 Å². The number of phenols is 2. The average molecular weight is 292 g/mol. The maximum absolute atomic E-state index is 12.3. The zero-order valence-electron chi connectivity index (χ0n) is 11.5. The fraction of sp³-hybridized carbons (Fsp3) is 0.214. The number of phenolic OH excluding ortho intramolecular Hbond substituents is 2. The summed E-state index contributed by atoms with van der Waals surface area (Å²) in [6, 6.07) is 0.956. The van der Waals surface area contributed by atoms with Gasteiger partial charge in [0, 0.05) is 5.56 Å². The molecule has 0 saturated heterocycles. The molecule has 0 aliphatic heterocycles. The first-order valence-corrected chi connectivity index (χ1v) is 5.86. The van der Waals surface area contributed by atoms with Gasteiger partial charge in [-0.05, 0) is 13.0 Å². The van der Waals surface area contributed by atoms with E-state index in [-0.39, 0.29) is 22.6 Å². The number of carbonyl (C=O) groups is 3. The fourth-order valence-corrected chi connectivity index (χ4v) is 2.22. The predicted octanol–water partition coefficient (Wildman–Crippen LogP) is 1.18.